The highest BCUT2D eigenvalue weighted by atomic mass is 16.5. The molecule has 0 fully saturated rings. The van der Waals surface area contributed by atoms with E-state index >= 15 is 0 Å². The monoisotopic (exact) mass is 321 g/mol. The quantitative estimate of drug-likeness (QED) is 0.373. The number of hydrogen-bond donors (Lipinski definition) is 2. The number of nitrogens with zero attached hydrogens (tertiary/aromatic N) is 1. The predicted octanol–water partition coefficient (Wildman–Crippen LogP) is 2.94. The number of rotatable bonds is 11. The third-order valence-electron chi connectivity index (χ3n) is 3.32. The fraction of sp³-hybridized carbons (Fsp3) is 0.611. The summed E-state index contributed by atoms with van der Waals surface area (Å²) in [6.45, 7) is 9.87. The Bertz CT molecular complexity index is 461. The third-order valence-corrected chi connectivity index (χ3v) is 3.32. The summed E-state index contributed by atoms with van der Waals surface area (Å²) in [6, 6.07) is 7.98. The third kappa shape index (κ3) is 9.08. The Balaban J connectivity index is 2.41. The zero-order valence-electron chi connectivity index (χ0n) is 14.7. The summed E-state index contributed by atoms with van der Waals surface area (Å²) >= 11 is 0. The Morgan fingerprint density at radius 2 is 2.04 bits per heavy atom. The van der Waals surface area contributed by atoms with E-state index < -0.39 is 0 Å². The second kappa shape index (κ2) is 11.8. The molecule has 0 spiro atoms. The molecule has 0 aliphatic heterocycles. The molecule has 5 nitrogen and oxygen atoms in total. The number of nitrogens with one attached hydrogen (secondary N) is 1. The van der Waals surface area contributed by atoms with Gasteiger partial charge in [-0.25, -0.2) is 4.99 Å². The minimum atomic E-state index is 0.457. The molecule has 23 heavy (non-hydrogen) atoms. The van der Waals surface area contributed by atoms with Gasteiger partial charge in [0.05, 0.1) is 13.2 Å². The Labute approximate surface area is 140 Å². The van der Waals surface area contributed by atoms with E-state index in [1.165, 1.54) is 0 Å². The number of hydrogen-bond acceptors (Lipinski definition) is 3. The molecule has 0 atom stereocenters. The molecule has 130 valence electrons. The first-order valence-electron chi connectivity index (χ1n) is 8.45. The van der Waals surface area contributed by atoms with Crippen molar-refractivity contribution in [2.24, 2.45) is 16.6 Å². The van der Waals surface area contributed by atoms with Crippen LogP contribution in [0.15, 0.2) is 29.3 Å². The molecule has 0 aliphatic carbocycles. The van der Waals surface area contributed by atoms with Gasteiger partial charge in [-0.15, -0.1) is 0 Å². The average molecular weight is 321 g/mol. The molecule has 3 N–H and O–H groups in total. The number of nitrogens with two attached hydrogens (primary N) is 1. The molecule has 0 bridgehead atoms. The molecule has 0 saturated carbocycles. The molecule has 1 aromatic rings. The van der Waals surface area contributed by atoms with Crippen LogP contribution in [0.2, 0.25) is 0 Å². The van der Waals surface area contributed by atoms with Gasteiger partial charge < -0.3 is 20.5 Å². The summed E-state index contributed by atoms with van der Waals surface area (Å²) in [5, 5.41) is 3.10. The zero-order chi connectivity index (χ0) is 16.9. The van der Waals surface area contributed by atoms with E-state index in [9.17, 15) is 0 Å². The van der Waals surface area contributed by atoms with Gasteiger partial charge in [0.15, 0.2) is 5.96 Å². The van der Waals surface area contributed by atoms with Crippen molar-refractivity contribution in [3.05, 3.63) is 29.8 Å². The van der Waals surface area contributed by atoms with Crippen LogP contribution in [0.3, 0.4) is 0 Å². The Kier molecular flexibility index (Phi) is 9.87. The highest BCUT2D eigenvalue weighted by molar-refractivity contribution is 5.77. The van der Waals surface area contributed by atoms with Crippen LogP contribution in [0, 0.1) is 5.92 Å². The van der Waals surface area contributed by atoms with Crippen molar-refractivity contribution in [3.63, 3.8) is 0 Å². The van der Waals surface area contributed by atoms with Crippen LogP contribution in [0.5, 0.6) is 5.75 Å². The van der Waals surface area contributed by atoms with Crippen molar-refractivity contribution in [2.75, 3.05) is 26.4 Å². The standard InChI is InChI=1S/C18H31N3O2/c1-4-22-12-7-11-20-18(19)21-14-16-8-5-6-9-17(16)23-13-10-15(2)3/h5-6,8-9,15H,4,7,10-14H2,1-3H3,(H3,19,20,21). The molecule has 0 radical (unpaired) electrons. The SMILES string of the molecule is CCOCCCNC(N)=NCc1ccccc1OCCC(C)C. The molecule has 0 amide bonds. The van der Waals surface area contributed by atoms with Crippen molar-refractivity contribution >= 4 is 5.96 Å². The highest BCUT2D eigenvalue weighted by Gasteiger charge is 2.03. The summed E-state index contributed by atoms with van der Waals surface area (Å²) in [5.74, 6) is 1.98. The molecule has 0 heterocycles. The summed E-state index contributed by atoms with van der Waals surface area (Å²) in [6.07, 6.45) is 1.96. The van der Waals surface area contributed by atoms with Crippen LogP contribution in [0.25, 0.3) is 0 Å². The van der Waals surface area contributed by atoms with Gasteiger partial charge in [0.1, 0.15) is 5.75 Å². The van der Waals surface area contributed by atoms with E-state index in [2.05, 4.69) is 24.2 Å². The minimum Gasteiger partial charge on any atom is -0.493 e. The second-order valence-corrected chi connectivity index (χ2v) is 5.82. The van der Waals surface area contributed by atoms with Gasteiger partial charge >= 0.3 is 0 Å². The summed E-state index contributed by atoms with van der Waals surface area (Å²) in [4.78, 5) is 4.38. The Hall–Kier alpha value is -1.75. The minimum absolute atomic E-state index is 0.457. The van der Waals surface area contributed by atoms with Crippen LogP contribution < -0.4 is 15.8 Å². The van der Waals surface area contributed by atoms with E-state index in [0.29, 0.717) is 18.4 Å². The fourth-order valence-corrected chi connectivity index (χ4v) is 1.94. The maximum Gasteiger partial charge on any atom is 0.188 e. The maximum absolute atomic E-state index is 5.88. The molecular weight excluding hydrogens is 290 g/mol. The summed E-state index contributed by atoms with van der Waals surface area (Å²) < 4.78 is 11.1. The fourth-order valence-electron chi connectivity index (χ4n) is 1.94. The number of aliphatic imine (C=N–C) groups is 1. The van der Waals surface area contributed by atoms with Gasteiger partial charge in [-0.3, -0.25) is 0 Å². The molecule has 0 saturated heterocycles. The van der Waals surface area contributed by atoms with Crippen molar-refractivity contribution in [3.8, 4) is 5.75 Å². The van der Waals surface area contributed by atoms with E-state index in [4.69, 9.17) is 15.2 Å². The van der Waals surface area contributed by atoms with Crippen LogP contribution in [0.1, 0.15) is 39.2 Å². The number of guanidine groups is 1. The van der Waals surface area contributed by atoms with Gasteiger partial charge in [0.25, 0.3) is 0 Å². The molecular formula is C18H31N3O2. The summed E-state index contributed by atoms with van der Waals surface area (Å²) in [5.41, 5.74) is 6.93. The van der Waals surface area contributed by atoms with Crippen LogP contribution in [-0.2, 0) is 11.3 Å². The van der Waals surface area contributed by atoms with Crippen LogP contribution in [-0.4, -0.2) is 32.3 Å². The lowest BCUT2D eigenvalue weighted by Crippen LogP contribution is -2.32. The van der Waals surface area contributed by atoms with E-state index in [0.717, 1.165) is 50.5 Å². The molecule has 5 heteroatoms. The first-order valence-corrected chi connectivity index (χ1v) is 8.45. The first kappa shape index (κ1) is 19.3. The molecule has 0 aliphatic rings. The molecule has 1 aromatic carbocycles. The van der Waals surface area contributed by atoms with Crippen molar-refractivity contribution in [1.82, 2.24) is 5.32 Å². The number of benzene rings is 1. The predicted molar refractivity (Wildman–Crippen MR) is 95.8 cm³/mol. The zero-order valence-corrected chi connectivity index (χ0v) is 14.7. The molecule has 0 aromatic heterocycles. The van der Waals surface area contributed by atoms with Crippen molar-refractivity contribution < 1.29 is 9.47 Å². The maximum atomic E-state index is 5.88. The van der Waals surface area contributed by atoms with Crippen molar-refractivity contribution in [1.29, 1.82) is 0 Å². The number of para-hydroxylation sites is 1. The van der Waals surface area contributed by atoms with Crippen LogP contribution >= 0.6 is 0 Å². The molecule has 0 unspecified atom stereocenters. The lowest BCUT2D eigenvalue weighted by atomic mass is 10.1. The van der Waals surface area contributed by atoms with Gasteiger partial charge in [-0.1, -0.05) is 32.0 Å². The number of ether oxygens (including phenoxy) is 2. The summed E-state index contributed by atoms with van der Waals surface area (Å²) in [7, 11) is 0. The second-order valence-electron chi connectivity index (χ2n) is 5.82. The first-order chi connectivity index (χ1) is 11.1. The lowest BCUT2D eigenvalue weighted by Gasteiger charge is -2.12. The largest absolute Gasteiger partial charge is 0.493 e. The van der Waals surface area contributed by atoms with Crippen molar-refractivity contribution in [2.45, 2.75) is 40.2 Å². The average Bonchev–Trinajstić information content (AvgIpc) is 2.53. The van der Waals surface area contributed by atoms with Gasteiger partial charge in [0.2, 0.25) is 0 Å². The smallest absolute Gasteiger partial charge is 0.188 e. The van der Waals surface area contributed by atoms with E-state index in [-0.39, 0.29) is 0 Å². The normalized spacial score (nSPS) is 11.7. The molecule has 1 rings (SSSR count). The van der Waals surface area contributed by atoms with Gasteiger partial charge in [0, 0.05) is 25.3 Å². The van der Waals surface area contributed by atoms with Gasteiger partial charge in [-0.05, 0) is 31.7 Å². The van der Waals surface area contributed by atoms with E-state index in [1.54, 1.807) is 0 Å². The lowest BCUT2D eigenvalue weighted by molar-refractivity contribution is 0.145. The Morgan fingerprint density at radius 3 is 2.78 bits per heavy atom. The highest BCUT2D eigenvalue weighted by Crippen LogP contribution is 2.19. The Morgan fingerprint density at radius 1 is 1.26 bits per heavy atom. The van der Waals surface area contributed by atoms with E-state index in [1.807, 2.05) is 31.2 Å². The topological polar surface area (TPSA) is 68.9 Å². The van der Waals surface area contributed by atoms with Crippen LogP contribution in [0.4, 0.5) is 0 Å². The van der Waals surface area contributed by atoms with Gasteiger partial charge in [-0.2, -0.15) is 0 Å².